The van der Waals surface area contributed by atoms with E-state index in [0.717, 1.165) is 16.9 Å². The average molecular weight is 377 g/mol. The molecular weight excluding hydrogens is 358 g/mol. The van der Waals surface area contributed by atoms with Crippen LogP contribution in [-0.4, -0.2) is 24.2 Å². The van der Waals surface area contributed by atoms with Gasteiger partial charge in [-0.25, -0.2) is 4.99 Å². The van der Waals surface area contributed by atoms with Gasteiger partial charge < -0.3 is 14.0 Å². The average Bonchev–Trinajstić information content (AvgIpc) is 3.24. The maximum Gasteiger partial charge on any atom is 0.222 e. The van der Waals surface area contributed by atoms with Crippen LogP contribution in [0.15, 0.2) is 93.6 Å². The van der Waals surface area contributed by atoms with Crippen molar-refractivity contribution in [1.29, 1.82) is 0 Å². The number of methoxy groups -OCH3 is 1. The predicted octanol–water partition coefficient (Wildman–Crippen LogP) is 4.38. The second-order valence-corrected chi connectivity index (χ2v) is 7.56. The van der Waals surface area contributed by atoms with Gasteiger partial charge >= 0.3 is 0 Å². The van der Waals surface area contributed by atoms with Gasteiger partial charge in [-0.15, -0.1) is 0 Å². The van der Waals surface area contributed by atoms with E-state index < -0.39 is 11.2 Å². The first kappa shape index (κ1) is 17.6. The molecule has 4 nitrogen and oxygen atoms in total. The fraction of sp³-hybridized carbons (Fsp3) is 0.136. The fourth-order valence-electron chi connectivity index (χ4n) is 3.00. The first-order chi connectivity index (χ1) is 13.3. The van der Waals surface area contributed by atoms with Crippen LogP contribution in [0, 0.1) is 0 Å². The van der Waals surface area contributed by atoms with Gasteiger partial charge in [-0.1, -0.05) is 42.5 Å². The van der Waals surface area contributed by atoms with E-state index in [-0.39, 0.29) is 6.04 Å². The highest BCUT2D eigenvalue weighted by atomic mass is 32.2. The van der Waals surface area contributed by atoms with Gasteiger partial charge in [0.15, 0.2) is 9.79 Å². The SMILES string of the molecule is COc1ccc([S@@+]([O-])c2ccccc2C2=N[C@H](c3ccccc3)CO2)cc1. The summed E-state index contributed by atoms with van der Waals surface area (Å²) < 4.78 is 24.2. The van der Waals surface area contributed by atoms with Crippen LogP contribution in [0.1, 0.15) is 17.2 Å². The van der Waals surface area contributed by atoms with Crippen molar-refractivity contribution in [1.82, 2.24) is 0 Å². The normalized spacial score (nSPS) is 17.1. The van der Waals surface area contributed by atoms with E-state index in [1.165, 1.54) is 0 Å². The van der Waals surface area contributed by atoms with Crippen LogP contribution in [0.4, 0.5) is 0 Å². The first-order valence-corrected chi connectivity index (χ1v) is 9.82. The van der Waals surface area contributed by atoms with E-state index in [0.29, 0.717) is 22.3 Å². The molecule has 0 amide bonds. The summed E-state index contributed by atoms with van der Waals surface area (Å²) in [7, 11) is 1.61. The number of benzene rings is 3. The van der Waals surface area contributed by atoms with Crippen molar-refractivity contribution in [3.05, 3.63) is 90.0 Å². The van der Waals surface area contributed by atoms with E-state index in [4.69, 9.17) is 14.5 Å². The summed E-state index contributed by atoms with van der Waals surface area (Å²) in [5.74, 6) is 1.28. The molecule has 4 rings (SSSR count). The molecule has 0 unspecified atom stereocenters. The summed E-state index contributed by atoms with van der Waals surface area (Å²) >= 11 is -1.34. The molecular formula is C22H19NO3S. The molecule has 0 spiro atoms. The number of hydrogen-bond acceptors (Lipinski definition) is 4. The molecule has 3 aromatic carbocycles. The Morgan fingerprint density at radius 1 is 0.963 bits per heavy atom. The van der Waals surface area contributed by atoms with Crippen LogP contribution in [-0.2, 0) is 15.9 Å². The molecule has 3 aromatic rings. The predicted molar refractivity (Wildman–Crippen MR) is 106 cm³/mol. The van der Waals surface area contributed by atoms with Gasteiger partial charge in [0.1, 0.15) is 18.4 Å². The van der Waals surface area contributed by atoms with E-state index in [1.807, 2.05) is 78.9 Å². The highest BCUT2D eigenvalue weighted by molar-refractivity contribution is 7.91. The molecule has 0 saturated carbocycles. The number of ether oxygens (including phenoxy) is 2. The summed E-state index contributed by atoms with van der Waals surface area (Å²) in [5.41, 5.74) is 1.88. The monoisotopic (exact) mass is 377 g/mol. The first-order valence-electron chi connectivity index (χ1n) is 8.67. The Morgan fingerprint density at radius 3 is 2.41 bits per heavy atom. The van der Waals surface area contributed by atoms with E-state index >= 15 is 0 Å². The van der Waals surface area contributed by atoms with Gasteiger partial charge in [0.05, 0.1) is 12.7 Å². The largest absolute Gasteiger partial charge is 0.606 e. The Morgan fingerprint density at radius 2 is 1.67 bits per heavy atom. The molecule has 0 N–H and O–H groups in total. The number of nitrogens with zero attached hydrogens (tertiary/aromatic N) is 1. The molecule has 2 atom stereocenters. The molecule has 0 fully saturated rings. The molecule has 1 aliphatic heterocycles. The molecule has 0 bridgehead atoms. The standard InChI is InChI=1S/C22H19NO3S/c1-25-17-11-13-18(14-12-17)27(24)21-10-6-5-9-19(21)22-23-20(15-26-22)16-7-3-2-4-8-16/h2-14,20H,15H2,1H3/t20-,27+/m0/s1. The maximum absolute atomic E-state index is 13.1. The molecule has 0 radical (unpaired) electrons. The van der Waals surface area contributed by atoms with E-state index in [1.54, 1.807) is 7.11 Å². The van der Waals surface area contributed by atoms with Crippen LogP contribution in [0.5, 0.6) is 5.75 Å². The Balaban J connectivity index is 1.65. The van der Waals surface area contributed by atoms with Gasteiger partial charge in [-0.2, -0.15) is 0 Å². The van der Waals surface area contributed by atoms with Crippen LogP contribution < -0.4 is 4.74 Å². The molecule has 0 saturated heterocycles. The minimum Gasteiger partial charge on any atom is -0.606 e. The number of rotatable bonds is 5. The van der Waals surface area contributed by atoms with Crippen molar-refractivity contribution in [3.63, 3.8) is 0 Å². The number of hydrogen-bond donors (Lipinski definition) is 0. The lowest BCUT2D eigenvalue weighted by Crippen LogP contribution is -2.11. The van der Waals surface area contributed by atoms with Gasteiger partial charge in [0.25, 0.3) is 0 Å². The van der Waals surface area contributed by atoms with Gasteiger partial charge in [0, 0.05) is 11.2 Å². The van der Waals surface area contributed by atoms with Crippen molar-refractivity contribution in [3.8, 4) is 5.75 Å². The Hall–Kier alpha value is -2.76. The Kier molecular flexibility index (Phi) is 5.14. The zero-order valence-corrected chi connectivity index (χ0v) is 15.7. The smallest absolute Gasteiger partial charge is 0.222 e. The highest BCUT2D eigenvalue weighted by Gasteiger charge is 2.27. The summed E-state index contributed by atoms with van der Waals surface area (Å²) in [6.07, 6.45) is 0. The van der Waals surface area contributed by atoms with Crippen LogP contribution in [0.25, 0.3) is 0 Å². The molecule has 5 heteroatoms. The quantitative estimate of drug-likeness (QED) is 0.620. The van der Waals surface area contributed by atoms with Gasteiger partial charge in [-0.05, 0) is 42.0 Å². The summed E-state index contributed by atoms with van der Waals surface area (Å²) in [5, 5.41) is 0. The summed E-state index contributed by atoms with van der Waals surface area (Å²) in [6.45, 7) is 0.489. The van der Waals surface area contributed by atoms with Crippen molar-refractivity contribution >= 4 is 17.1 Å². The van der Waals surface area contributed by atoms with Crippen LogP contribution >= 0.6 is 0 Å². The van der Waals surface area contributed by atoms with Gasteiger partial charge in [-0.3, -0.25) is 0 Å². The third-order valence-electron chi connectivity index (χ3n) is 4.43. The molecule has 0 aliphatic carbocycles. The third kappa shape index (κ3) is 3.70. The molecule has 1 aliphatic rings. The second kappa shape index (κ2) is 7.86. The van der Waals surface area contributed by atoms with E-state index in [9.17, 15) is 4.55 Å². The minimum atomic E-state index is -1.34. The van der Waals surface area contributed by atoms with Crippen molar-refractivity contribution in [2.45, 2.75) is 15.8 Å². The third-order valence-corrected chi connectivity index (χ3v) is 5.88. The zero-order chi connectivity index (χ0) is 18.6. The van der Waals surface area contributed by atoms with Crippen molar-refractivity contribution < 1.29 is 14.0 Å². The van der Waals surface area contributed by atoms with Crippen LogP contribution in [0.3, 0.4) is 0 Å². The lowest BCUT2D eigenvalue weighted by molar-refractivity contribution is 0.319. The fourth-order valence-corrected chi connectivity index (χ4v) is 4.19. The van der Waals surface area contributed by atoms with Gasteiger partial charge in [0.2, 0.25) is 5.90 Å². The second-order valence-electron chi connectivity index (χ2n) is 6.11. The lowest BCUT2D eigenvalue weighted by Gasteiger charge is -2.13. The van der Waals surface area contributed by atoms with Crippen LogP contribution in [0.2, 0.25) is 0 Å². The number of aliphatic imine (C=N–C) groups is 1. The zero-order valence-electron chi connectivity index (χ0n) is 14.9. The Bertz CT molecular complexity index is 941. The highest BCUT2D eigenvalue weighted by Crippen LogP contribution is 2.30. The van der Waals surface area contributed by atoms with E-state index in [2.05, 4.69) is 0 Å². The Labute approximate surface area is 161 Å². The molecule has 136 valence electrons. The summed E-state index contributed by atoms with van der Waals surface area (Å²) in [6, 6.07) is 24.8. The molecule has 27 heavy (non-hydrogen) atoms. The molecule has 1 heterocycles. The van der Waals surface area contributed by atoms with Crippen molar-refractivity contribution in [2.24, 2.45) is 4.99 Å². The minimum absolute atomic E-state index is 0.0383. The topological polar surface area (TPSA) is 53.9 Å². The summed E-state index contributed by atoms with van der Waals surface area (Å²) in [4.78, 5) is 6.13. The van der Waals surface area contributed by atoms with Crippen molar-refractivity contribution in [2.75, 3.05) is 13.7 Å². The maximum atomic E-state index is 13.1. The molecule has 0 aromatic heterocycles. The lowest BCUT2D eigenvalue weighted by atomic mass is 10.1.